The van der Waals surface area contributed by atoms with Gasteiger partial charge in [-0.2, -0.15) is 0 Å². The fourth-order valence-corrected chi connectivity index (χ4v) is 4.15. The Kier molecular flexibility index (Phi) is 3.26. The molecule has 0 radical (unpaired) electrons. The molecule has 4 nitrogen and oxygen atoms in total. The van der Waals surface area contributed by atoms with E-state index in [-0.39, 0.29) is 11.3 Å². The molecule has 1 saturated carbocycles. The summed E-state index contributed by atoms with van der Waals surface area (Å²) in [4.78, 5) is 0.793. The van der Waals surface area contributed by atoms with E-state index in [9.17, 15) is 4.21 Å². The Hall–Kier alpha value is -1.07. The van der Waals surface area contributed by atoms with E-state index in [1.165, 1.54) is 0 Å². The zero-order chi connectivity index (χ0) is 12.5. The van der Waals surface area contributed by atoms with Crippen molar-refractivity contribution >= 4 is 10.8 Å². The second-order valence-corrected chi connectivity index (χ2v) is 6.41. The summed E-state index contributed by atoms with van der Waals surface area (Å²) in [5.74, 6) is 1.43. The molecule has 1 heterocycles. The van der Waals surface area contributed by atoms with Gasteiger partial charge in [-0.25, -0.2) is 0 Å². The third-order valence-electron chi connectivity index (χ3n) is 3.52. The van der Waals surface area contributed by atoms with Crippen molar-refractivity contribution in [2.24, 2.45) is 5.73 Å². The van der Waals surface area contributed by atoms with Crippen LogP contribution >= 0.6 is 0 Å². The number of nitrogens with two attached hydrogens (primary N) is 1. The van der Waals surface area contributed by atoms with Crippen molar-refractivity contribution in [2.45, 2.75) is 35.4 Å². The molecule has 1 aromatic rings. The van der Waals surface area contributed by atoms with Crippen LogP contribution < -0.4 is 15.2 Å². The molecule has 98 valence electrons. The van der Waals surface area contributed by atoms with Crippen molar-refractivity contribution in [3.8, 4) is 11.5 Å². The van der Waals surface area contributed by atoms with E-state index in [1.807, 2.05) is 18.2 Å². The van der Waals surface area contributed by atoms with Crippen LogP contribution in [-0.4, -0.2) is 28.7 Å². The van der Waals surface area contributed by atoms with Gasteiger partial charge in [-0.15, -0.1) is 0 Å². The highest BCUT2D eigenvalue weighted by atomic mass is 32.2. The second kappa shape index (κ2) is 4.90. The third-order valence-corrected chi connectivity index (χ3v) is 5.38. The number of hydrogen-bond acceptors (Lipinski definition) is 4. The maximum atomic E-state index is 12.5. The summed E-state index contributed by atoms with van der Waals surface area (Å²) in [6, 6.07) is 5.58. The van der Waals surface area contributed by atoms with Crippen LogP contribution in [-0.2, 0) is 10.8 Å². The Balaban J connectivity index is 1.85. The van der Waals surface area contributed by atoms with Crippen molar-refractivity contribution in [3.05, 3.63) is 18.2 Å². The average Bonchev–Trinajstić information content (AvgIpc) is 2.83. The van der Waals surface area contributed by atoms with Crippen LogP contribution in [0.3, 0.4) is 0 Å². The van der Waals surface area contributed by atoms with Crippen LogP contribution in [0.5, 0.6) is 11.5 Å². The molecule has 0 amide bonds. The lowest BCUT2D eigenvalue weighted by Gasteiger charge is -2.20. The summed E-state index contributed by atoms with van der Waals surface area (Å²) in [5.41, 5.74) is 6.01. The molecule has 5 heteroatoms. The highest BCUT2D eigenvalue weighted by molar-refractivity contribution is 7.85. The third kappa shape index (κ3) is 2.12. The summed E-state index contributed by atoms with van der Waals surface area (Å²) in [5, 5.41) is 0.0764. The minimum atomic E-state index is -1.05. The molecule has 1 aromatic carbocycles. The SMILES string of the molecule is NC1CCCC1S(=O)c1ccc2c(c1)OCCO2. The highest BCUT2D eigenvalue weighted by Crippen LogP contribution is 2.34. The van der Waals surface area contributed by atoms with Crippen LogP contribution in [0.15, 0.2) is 23.1 Å². The van der Waals surface area contributed by atoms with Crippen molar-refractivity contribution in [1.29, 1.82) is 0 Å². The first-order chi connectivity index (χ1) is 8.75. The van der Waals surface area contributed by atoms with E-state index >= 15 is 0 Å². The summed E-state index contributed by atoms with van der Waals surface area (Å²) in [6.45, 7) is 1.12. The Labute approximate surface area is 109 Å². The van der Waals surface area contributed by atoms with Gasteiger partial charge in [0, 0.05) is 17.0 Å². The average molecular weight is 267 g/mol. The Morgan fingerprint density at radius 1 is 1.17 bits per heavy atom. The van der Waals surface area contributed by atoms with E-state index in [4.69, 9.17) is 15.2 Å². The number of hydrogen-bond donors (Lipinski definition) is 1. The van der Waals surface area contributed by atoms with Crippen LogP contribution in [0.2, 0.25) is 0 Å². The van der Waals surface area contributed by atoms with Gasteiger partial charge in [0.05, 0.1) is 16.0 Å². The predicted molar refractivity (Wildman–Crippen MR) is 69.5 cm³/mol. The molecule has 2 N–H and O–H groups in total. The van der Waals surface area contributed by atoms with E-state index in [2.05, 4.69) is 0 Å². The van der Waals surface area contributed by atoms with Crippen LogP contribution in [0.4, 0.5) is 0 Å². The highest BCUT2D eigenvalue weighted by Gasteiger charge is 2.30. The van der Waals surface area contributed by atoms with Crippen LogP contribution in [0.1, 0.15) is 19.3 Å². The standard InChI is InChI=1S/C13H17NO3S/c14-10-2-1-3-13(10)18(15)9-4-5-11-12(8-9)17-7-6-16-11/h4-5,8,10,13H,1-3,6-7,14H2. The van der Waals surface area contributed by atoms with Crippen LogP contribution in [0.25, 0.3) is 0 Å². The molecular weight excluding hydrogens is 250 g/mol. The summed E-state index contributed by atoms with van der Waals surface area (Å²) >= 11 is 0. The largest absolute Gasteiger partial charge is 0.486 e. The molecule has 0 aromatic heterocycles. The van der Waals surface area contributed by atoms with Crippen LogP contribution in [0, 0.1) is 0 Å². The first-order valence-electron chi connectivity index (χ1n) is 6.31. The zero-order valence-electron chi connectivity index (χ0n) is 10.1. The van der Waals surface area contributed by atoms with E-state index in [1.54, 1.807) is 0 Å². The molecule has 3 unspecified atom stereocenters. The fourth-order valence-electron chi connectivity index (χ4n) is 2.54. The molecule has 1 aliphatic heterocycles. The zero-order valence-corrected chi connectivity index (χ0v) is 10.9. The Morgan fingerprint density at radius 3 is 2.67 bits per heavy atom. The summed E-state index contributed by atoms with van der Waals surface area (Å²) in [7, 11) is -1.05. The Bertz CT molecular complexity index is 477. The molecule has 18 heavy (non-hydrogen) atoms. The van der Waals surface area contributed by atoms with Gasteiger partial charge < -0.3 is 15.2 Å². The molecule has 1 aliphatic carbocycles. The minimum absolute atomic E-state index is 0.0547. The van der Waals surface area contributed by atoms with Crippen molar-refractivity contribution in [1.82, 2.24) is 0 Å². The lowest BCUT2D eigenvalue weighted by molar-refractivity contribution is 0.171. The van der Waals surface area contributed by atoms with Crippen molar-refractivity contribution in [2.75, 3.05) is 13.2 Å². The van der Waals surface area contributed by atoms with Gasteiger partial charge >= 0.3 is 0 Å². The smallest absolute Gasteiger partial charge is 0.162 e. The van der Waals surface area contributed by atoms with E-state index in [0.717, 1.165) is 29.9 Å². The van der Waals surface area contributed by atoms with Gasteiger partial charge in [-0.1, -0.05) is 6.42 Å². The molecular formula is C13H17NO3S. The van der Waals surface area contributed by atoms with E-state index < -0.39 is 10.8 Å². The normalized spacial score (nSPS) is 28.1. The van der Waals surface area contributed by atoms with Gasteiger partial charge in [-0.05, 0) is 25.0 Å². The monoisotopic (exact) mass is 267 g/mol. The number of rotatable bonds is 2. The summed E-state index contributed by atoms with van der Waals surface area (Å²) in [6.07, 6.45) is 2.99. The maximum Gasteiger partial charge on any atom is 0.162 e. The molecule has 3 atom stereocenters. The van der Waals surface area contributed by atoms with Gasteiger partial charge in [0.15, 0.2) is 11.5 Å². The van der Waals surface area contributed by atoms with Gasteiger partial charge in [-0.3, -0.25) is 4.21 Å². The first-order valence-corrected chi connectivity index (χ1v) is 7.53. The molecule has 2 aliphatic rings. The molecule has 3 rings (SSSR count). The van der Waals surface area contributed by atoms with Gasteiger partial charge in [0.25, 0.3) is 0 Å². The lowest BCUT2D eigenvalue weighted by atomic mass is 10.3. The molecule has 0 spiro atoms. The second-order valence-electron chi connectivity index (χ2n) is 4.74. The van der Waals surface area contributed by atoms with Gasteiger partial charge in [0.2, 0.25) is 0 Å². The van der Waals surface area contributed by atoms with E-state index in [0.29, 0.717) is 19.0 Å². The number of ether oxygens (including phenoxy) is 2. The van der Waals surface area contributed by atoms with Crippen molar-refractivity contribution < 1.29 is 13.7 Å². The minimum Gasteiger partial charge on any atom is -0.486 e. The number of fused-ring (bicyclic) bond motifs is 1. The maximum absolute atomic E-state index is 12.5. The fraction of sp³-hybridized carbons (Fsp3) is 0.538. The summed E-state index contributed by atoms with van der Waals surface area (Å²) < 4.78 is 23.4. The predicted octanol–water partition coefficient (Wildman–Crippen LogP) is 1.45. The quantitative estimate of drug-likeness (QED) is 0.881. The first kappa shape index (κ1) is 12.0. The van der Waals surface area contributed by atoms with Crippen molar-refractivity contribution in [3.63, 3.8) is 0 Å². The topological polar surface area (TPSA) is 61.6 Å². The van der Waals surface area contributed by atoms with Gasteiger partial charge in [0.1, 0.15) is 13.2 Å². The molecule has 0 bridgehead atoms. The molecule has 0 saturated heterocycles. The molecule has 1 fully saturated rings. The Morgan fingerprint density at radius 2 is 1.94 bits per heavy atom. The number of benzene rings is 1. The lowest BCUT2D eigenvalue weighted by Crippen LogP contribution is -2.32.